The largest absolute Gasteiger partial charge is 0.239 e. The van der Waals surface area contributed by atoms with Gasteiger partial charge in [0.05, 0.1) is 14.4 Å². The molecule has 0 radical (unpaired) electrons. The Morgan fingerprint density at radius 3 is 2.22 bits per heavy atom. The SMILES string of the molecule is CCCCCCCCCCCCc1nc(-c2cccs2)sc1Br. The van der Waals surface area contributed by atoms with Crippen LogP contribution in [0.4, 0.5) is 0 Å². The van der Waals surface area contributed by atoms with Crippen molar-refractivity contribution in [2.24, 2.45) is 0 Å². The Morgan fingerprint density at radius 2 is 1.61 bits per heavy atom. The molecule has 2 aromatic rings. The minimum atomic E-state index is 1.11. The number of aromatic nitrogens is 1. The molecule has 0 aliphatic carbocycles. The highest BCUT2D eigenvalue weighted by molar-refractivity contribution is 9.11. The molecule has 0 saturated carbocycles. The van der Waals surface area contributed by atoms with Crippen molar-refractivity contribution in [3.8, 4) is 9.88 Å². The van der Waals surface area contributed by atoms with Gasteiger partial charge in [-0.15, -0.1) is 22.7 Å². The lowest BCUT2D eigenvalue weighted by Crippen LogP contribution is -1.88. The van der Waals surface area contributed by atoms with E-state index in [4.69, 9.17) is 4.98 Å². The lowest BCUT2D eigenvalue weighted by Gasteiger charge is -2.02. The van der Waals surface area contributed by atoms with E-state index in [1.54, 1.807) is 22.7 Å². The summed E-state index contributed by atoms with van der Waals surface area (Å²) in [6.07, 6.45) is 15.0. The molecule has 0 aliphatic rings. The van der Waals surface area contributed by atoms with Crippen LogP contribution in [0, 0.1) is 0 Å². The van der Waals surface area contributed by atoms with E-state index in [0.29, 0.717) is 0 Å². The zero-order chi connectivity index (χ0) is 16.3. The summed E-state index contributed by atoms with van der Waals surface area (Å²) < 4.78 is 1.22. The molecule has 0 atom stereocenters. The third-order valence-corrected chi connectivity index (χ3v) is 7.02. The van der Waals surface area contributed by atoms with Crippen LogP contribution in [0.3, 0.4) is 0 Å². The fourth-order valence-corrected chi connectivity index (χ4v) is 5.16. The van der Waals surface area contributed by atoms with Crippen molar-refractivity contribution in [2.75, 3.05) is 0 Å². The van der Waals surface area contributed by atoms with E-state index in [9.17, 15) is 0 Å². The van der Waals surface area contributed by atoms with Crippen LogP contribution in [0.2, 0.25) is 0 Å². The maximum Gasteiger partial charge on any atom is 0.134 e. The summed E-state index contributed by atoms with van der Waals surface area (Å²) in [4.78, 5) is 6.09. The number of hydrogen-bond acceptors (Lipinski definition) is 3. The van der Waals surface area contributed by atoms with Crippen molar-refractivity contribution in [1.82, 2.24) is 4.98 Å². The highest BCUT2D eigenvalue weighted by Gasteiger charge is 2.10. The van der Waals surface area contributed by atoms with Crippen molar-refractivity contribution in [3.05, 3.63) is 27.0 Å². The summed E-state index contributed by atoms with van der Waals surface area (Å²) in [6.45, 7) is 2.28. The highest BCUT2D eigenvalue weighted by Crippen LogP contribution is 2.34. The molecule has 2 rings (SSSR count). The Balaban J connectivity index is 1.56. The second-order valence-electron chi connectivity index (χ2n) is 6.15. The molecular weight excluding hydrogens is 386 g/mol. The predicted molar refractivity (Wildman–Crippen MR) is 109 cm³/mol. The molecule has 0 aliphatic heterocycles. The van der Waals surface area contributed by atoms with E-state index in [0.717, 1.165) is 11.4 Å². The van der Waals surface area contributed by atoms with Gasteiger partial charge in [-0.2, -0.15) is 0 Å². The van der Waals surface area contributed by atoms with E-state index in [2.05, 4.69) is 40.4 Å². The van der Waals surface area contributed by atoms with Gasteiger partial charge in [0, 0.05) is 0 Å². The van der Waals surface area contributed by atoms with Gasteiger partial charge in [-0.05, 0) is 40.2 Å². The monoisotopic (exact) mass is 413 g/mol. The molecule has 128 valence electrons. The standard InChI is InChI=1S/C19H28BrNS2/c1-2-3-4-5-6-7-8-9-10-11-13-16-18(20)23-19(21-16)17-14-12-15-22-17/h12,14-15H,2-11,13H2,1H3. The van der Waals surface area contributed by atoms with Gasteiger partial charge in [-0.25, -0.2) is 4.98 Å². The van der Waals surface area contributed by atoms with Crippen LogP contribution in [-0.4, -0.2) is 4.98 Å². The number of thiophene rings is 1. The first kappa shape index (κ1) is 19.1. The van der Waals surface area contributed by atoms with Crippen LogP contribution in [0.25, 0.3) is 9.88 Å². The molecule has 2 heterocycles. The number of nitrogens with zero attached hydrogens (tertiary/aromatic N) is 1. The number of thiazole rings is 1. The average molecular weight is 414 g/mol. The summed E-state index contributed by atoms with van der Waals surface area (Å²) in [5.41, 5.74) is 1.25. The molecular formula is C19H28BrNS2. The number of halogens is 1. The summed E-state index contributed by atoms with van der Waals surface area (Å²) >= 11 is 7.23. The van der Waals surface area contributed by atoms with Crippen molar-refractivity contribution >= 4 is 38.6 Å². The minimum Gasteiger partial charge on any atom is -0.239 e. The Kier molecular flexibility index (Phi) is 9.47. The molecule has 0 aromatic carbocycles. The van der Waals surface area contributed by atoms with Crippen molar-refractivity contribution in [2.45, 2.75) is 77.6 Å². The smallest absolute Gasteiger partial charge is 0.134 e. The molecule has 23 heavy (non-hydrogen) atoms. The highest BCUT2D eigenvalue weighted by atomic mass is 79.9. The molecule has 0 bridgehead atoms. The number of rotatable bonds is 12. The Bertz CT molecular complexity index is 534. The van der Waals surface area contributed by atoms with Crippen molar-refractivity contribution in [1.29, 1.82) is 0 Å². The molecule has 0 saturated heterocycles. The van der Waals surface area contributed by atoms with Gasteiger partial charge in [0.2, 0.25) is 0 Å². The van der Waals surface area contributed by atoms with E-state index in [1.807, 2.05) is 0 Å². The zero-order valence-electron chi connectivity index (χ0n) is 14.2. The summed E-state index contributed by atoms with van der Waals surface area (Å²) in [6, 6.07) is 4.25. The minimum absolute atomic E-state index is 1.11. The van der Waals surface area contributed by atoms with Crippen LogP contribution < -0.4 is 0 Å². The van der Waals surface area contributed by atoms with Gasteiger partial charge < -0.3 is 0 Å². The lowest BCUT2D eigenvalue weighted by atomic mass is 10.1. The third kappa shape index (κ3) is 7.06. The fourth-order valence-electron chi connectivity index (χ4n) is 2.77. The average Bonchev–Trinajstić information content (AvgIpc) is 3.19. The predicted octanol–water partition coefficient (Wildman–Crippen LogP) is 8.10. The molecule has 0 amide bonds. The first-order chi connectivity index (χ1) is 11.3. The molecule has 0 N–H and O–H groups in total. The van der Waals surface area contributed by atoms with E-state index < -0.39 is 0 Å². The van der Waals surface area contributed by atoms with Gasteiger partial charge >= 0.3 is 0 Å². The first-order valence-corrected chi connectivity index (χ1v) is 11.5. The second kappa shape index (κ2) is 11.4. The number of hydrogen-bond donors (Lipinski definition) is 0. The normalized spacial score (nSPS) is 11.2. The second-order valence-corrected chi connectivity index (χ2v) is 9.41. The van der Waals surface area contributed by atoms with Crippen LogP contribution >= 0.6 is 38.6 Å². The Hall–Kier alpha value is -0.190. The lowest BCUT2D eigenvalue weighted by molar-refractivity contribution is 0.555. The maximum atomic E-state index is 4.81. The third-order valence-electron chi connectivity index (χ3n) is 4.15. The van der Waals surface area contributed by atoms with Crippen LogP contribution in [0.5, 0.6) is 0 Å². The summed E-state index contributed by atoms with van der Waals surface area (Å²) in [5, 5.41) is 3.28. The van der Waals surface area contributed by atoms with E-state index >= 15 is 0 Å². The quantitative estimate of drug-likeness (QED) is 0.320. The van der Waals surface area contributed by atoms with E-state index in [1.165, 1.54) is 78.6 Å². The van der Waals surface area contributed by atoms with Crippen LogP contribution in [0.15, 0.2) is 21.3 Å². The zero-order valence-corrected chi connectivity index (χ0v) is 17.4. The Labute approximate surface area is 157 Å². The molecule has 0 spiro atoms. The van der Waals surface area contributed by atoms with E-state index in [-0.39, 0.29) is 0 Å². The molecule has 1 nitrogen and oxygen atoms in total. The molecule has 0 unspecified atom stereocenters. The van der Waals surface area contributed by atoms with Gasteiger partial charge in [0.15, 0.2) is 0 Å². The number of aryl methyl sites for hydroxylation is 1. The van der Waals surface area contributed by atoms with Gasteiger partial charge in [0.25, 0.3) is 0 Å². The molecule has 2 aromatic heterocycles. The van der Waals surface area contributed by atoms with Crippen LogP contribution in [-0.2, 0) is 6.42 Å². The van der Waals surface area contributed by atoms with Gasteiger partial charge in [-0.1, -0.05) is 70.8 Å². The van der Waals surface area contributed by atoms with Gasteiger partial charge in [-0.3, -0.25) is 0 Å². The summed E-state index contributed by atoms with van der Waals surface area (Å²) in [7, 11) is 0. The van der Waals surface area contributed by atoms with Crippen molar-refractivity contribution < 1.29 is 0 Å². The van der Waals surface area contributed by atoms with Crippen LogP contribution in [0.1, 0.15) is 76.8 Å². The maximum absolute atomic E-state index is 4.81. The summed E-state index contributed by atoms with van der Waals surface area (Å²) in [5.74, 6) is 0. The van der Waals surface area contributed by atoms with Gasteiger partial charge in [0.1, 0.15) is 5.01 Å². The number of unbranched alkanes of at least 4 members (excludes halogenated alkanes) is 9. The molecule has 0 fully saturated rings. The topological polar surface area (TPSA) is 12.9 Å². The fraction of sp³-hybridized carbons (Fsp3) is 0.632. The molecule has 4 heteroatoms. The van der Waals surface area contributed by atoms with Crippen molar-refractivity contribution in [3.63, 3.8) is 0 Å². The Morgan fingerprint density at radius 1 is 0.957 bits per heavy atom. The first-order valence-electron chi connectivity index (χ1n) is 9.00.